The highest BCUT2D eigenvalue weighted by Gasteiger charge is 2.09. The lowest BCUT2D eigenvalue weighted by atomic mass is 10.2. The summed E-state index contributed by atoms with van der Waals surface area (Å²) in [5, 5.41) is 12.4. The predicted octanol–water partition coefficient (Wildman–Crippen LogP) is 1.95. The minimum atomic E-state index is 0.308. The molecule has 0 atom stereocenters. The standard InChI is InChI=1S/C10H9NOS/c1-11-6-7-13-10(11)8-2-4-9(12)5-3-8/h2-7H,1H3/p+1. The summed E-state index contributed by atoms with van der Waals surface area (Å²) < 4.78 is 2.07. The van der Waals surface area contributed by atoms with Gasteiger partial charge in [-0.1, -0.05) is 11.3 Å². The molecule has 66 valence electrons. The van der Waals surface area contributed by atoms with Gasteiger partial charge in [0.25, 0.3) is 5.01 Å². The quantitative estimate of drug-likeness (QED) is 0.686. The zero-order chi connectivity index (χ0) is 9.26. The van der Waals surface area contributed by atoms with E-state index in [0.717, 1.165) is 5.56 Å². The van der Waals surface area contributed by atoms with Crippen molar-refractivity contribution < 1.29 is 9.67 Å². The van der Waals surface area contributed by atoms with E-state index in [1.807, 2.05) is 30.8 Å². The third-order valence-corrected chi connectivity index (χ3v) is 2.90. The van der Waals surface area contributed by atoms with Crippen LogP contribution in [0.5, 0.6) is 5.75 Å². The molecule has 1 N–H and O–H groups in total. The van der Waals surface area contributed by atoms with E-state index in [-0.39, 0.29) is 0 Å². The van der Waals surface area contributed by atoms with Gasteiger partial charge in [0.2, 0.25) is 0 Å². The first-order valence-electron chi connectivity index (χ1n) is 4.00. The molecule has 0 bridgehead atoms. The molecule has 0 amide bonds. The summed E-state index contributed by atoms with van der Waals surface area (Å²) in [7, 11) is 2.01. The number of rotatable bonds is 1. The molecule has 3 heteroatoms. The molecular weight excluding hydrogens is 182 g/mol. The number of phenolic OH excluding ortho intramolecular Hbond substituents is 1. The fourth-order valence-electron chi connectivity index (χ4n) is 1.21. The molecular formula is C10H10NOS+. The molecule has 0 fully saturated rings. The Hall–Kier alpha value is -1.35. The Morgan fingerprint density at radius 3 is 2.46 bits per heavy atom. The van der Waals surface area contributed by atoms with Crippen molar-refractivity contribution in [2.75, 3.05) is 0 Å². The number of phenols is 1. The highest BCUT2D eigenvalue weighted by atomic mass is 32.1. The van der Waals surface area contributed by atoms with E-state index in [0.29, 0.717) is 5.75 Å². The highest BCUT2D eigenvalue weighted by molar-refractivity contribution is 7.12. The van der Waals surface area contributed by atoms with Crippen molar-refractivity contribution in [3.63, 3.8) is 0 Å². The van der Waals surface area contributed by atoms with Gasteiger partial charge in [-0.3, -0.25) is 0 Å². The Bertz CT molecular complexity index is 405. The van der Waals surface area contributed by atoms with Crippen LogP contribution in [0.3, 0.4) is 0 Å². The number of aryl methyl sites for hydroxylation is 1. The topological polar surface area (TPSA) is 24.1 Å². The van der Waals surface area contributed by atoms with Gasteiger partial charge in [0.15, 0.2) is 6.20 Å². The molecule has 0 spiro atoms. The molecule has 0 aliphatic heterocycles. The van der Waals surface area contributed by atoms with Crippen LogP contribution in [0, 0.1) is 0 Å². The van der Waals surface area contributed by atoms with E-state index in [1.165, 1.54) is 5.01 Å². The van der Waals surface area contributed by atoms with Crippen LogP contribution in [-0.2, 0) is 7.05 Å². The first-order chi connectivity index (χ1) is 6.27. The van der Waals surface area contributed by atoms with Gasteiger partial charge in [-0.25, -0.2) is 0 Å². The van der Waals surface area contributed by atoms with E-state index in [4.69, 9.17) is 5.11 Å². The largest absolute Gasteiger partial charge is 0.508 e. The molecule has 0 unspecified atom stereocenters. The number of thiazole rings is 1. The van der Waals surface area contributed by atoms with Crippen LogP contribution in [0.25, 0.3) is 10.6 Å². The molecule has 2 nitrogen and oxygen atoms in total. The second-order valence-corrected chi connectivity index (χ2v) is 3.76. The molecule has 0 aliphatic carbocycles. The van der Waals surface area contributed by atoms with Crippen LogP contribution < -0.4 is 4.57 Å². The lowest BCUT2D eigenvalue weighted by Crippen LogP contribution is -2.26. The third-order valence-electron chi connectivity index (χ3n) is 1.90. The first kappa shape index (κ1) is 8.26. The monoisotopic (exact) mass is 192 g/mol. The zero-order valence-electron chi connectivity index (χ0n) is 7.27. The number of aromatic nitrogens is 1. The van der Waals surface area contributed by atoms with Crippen molar-refractivity contribution >= 4 is 11.3 Å². The van der Waals surface area contributed by atoms with Crippen LogP contribution >= 0.6 is 11.3 Å². The Labute approximate surface area is 80.7 Å². The number of benzene rings is 1. The van der Waals surface area contributed by atoms with Crippen molar-refractivity contribution in [2.45, 2.75) is 0 Å². The van der Waals surface area contributed by atoms with Crippen LogP contribution in [0.15, 0.2) is 35.8 Å². The average Bonchev–Trinajstić information content (AvgIpc) is 2.53. The highest BCUT2D eigenvalue weighted by Crippen LogP contribution is 2.21. The SMILES string of the molecule is C[n+]1ccsc1-c1ccc(O)cc1. The van der Waals surface area contributed by atoms with E-state index < -0.39 is 0 Å². The first-order valence-corrected chi connectivity index (χ1v) is 4.88. The van der Waals surface area contributed by atoms with Gasteiger partial charge in [-0.15, -0.1) is 0 Å². The molecule has 13 heavy (non-hydrogen) atoms. The summed E-state index contributed by atoms with van der Waals surface area (Å²) in [5.74, 6) is 0.308. The summed E-state index contributed by atoms with van der Waals surface area (Å²) in [5.41, 5.74) is 1.13. The fraction of sp³-hybridized carbons (Fsp3) is 0.100. The Morgan fingerprint density at radius 1 is 1.23 bits per heavy atom. The van der Waals surface area contributed by atoms with Crippen molar-refractivity contribution in [3.05, 3.63) is 35.8 Å². The fourth-order valence-corrected chi connectivity index (χ4v) is 2.08. The van der Waals surface area contributed by atoms with Crippen molar-refractivity contribution in [2.24, 2.45) is 7.05 Å². The second kappa shape index (κ2) is 3.18. The zero-order valence-corrected chi connectivity index (χ0v) is 8.08. The Morgan fingerprint density at radius 2 is 1.92 bits per heavy atom. The normalized spacial score (nSPS) is 10.2. The van der Waals surface area contributed by atoms with Crippen molar-refractivity contribution in [1.82, 2.24) is 0 Å². The van der Waals surface area contributed by atoms with Gasteiger partial charge in [0, 0.05) is 0 Å². The molecule has 0 saturated heterocycles. The number of hydrogen-bond donors (Lipinski definition) is 1. The van der Waals surface area contributed by atoms with Gasteiger partial charge in [0.1, 0.15) is 12.8 Å². The van der Waals surface area contributed by atoms with Gasteiger partial charge in [-0.05, 0) is 24.3 Å². The molecule has 0 saturated carbocycles. The van der Waals surface area contributed by atoms with Gasteiger partial charge in [-0.2, -0.15) is 4.57 Å². The van der Waals surface area contributed by atoms with Crippen molar-refractivity contribution in [3.8, 4) is 16.3 Å². The predicted molar refractivity (Wildman–Crippen MR) is 52.6 cm³/mol. The van der Waals surface area contributed by atoms with E-state index in [1.54, 1.807) is 23.5 Å². The van der Waals surface area contributed by atoms with Gasteiger partial charge < -0.3 is 5.11 Å². The molecule has 0 radical (unpaired) electrons. The Balaban J connectivity index is 2.47. The second-order valence-electron chi connectivity index (χ2n) is 2.87. The van der Waals surface area contributed by atoms with Gasteiger partial charge in [0.05, 0.1) is 10.9 Å². The lowest BCUT2D eigenvalue weighted by Gasteiger charge is -1.94. The maximum Gasteiger partial charge on any atom is 0.268 e. The lowest BCUT2D eigenvalue weighted by molar-refractivity contribution is -0.655. The minimum absolute atomic E-state index is 0.308. The molecule has 2 rings (SSSR count). The number of hydrogen-bond acceptors (Lipinski definition) is 2. The summed E-state index contributed by atoms with van der Waals surface area (Å²) in [6.45, 7) is 0. The minimum Gasteiger partial charge on any atom is -0.508 e. The average molecular weight is 192 g/mol. The van der Waals surface area contributed by atoms with Crippen LogP contribution in [0.2, 0.25) is 0 Å². The molecule has 2 aromatic rings. The van der Waals surface area contributed by atoms with Gasteiger partial charge >= 0.3 is 0 Å². The third kappa shape index (κ3) is 1.55. The molecule has 0 aliphatic rings. The maximum atomic E-state index is 9.12. The van der Waals surface area contributed by atoms with E-state index >= 15 is 0 Å². The van der Waals surface area contributed by atoms with Crippen LogP contribution in [0.1, 0.15) is 0 Å². The Kier molecular flexibility index (Phi) is 2.02. The summed E-state index contributed by atoms with van der Waals surface area (Å²) in [6.07, 6.45) is 2.02. The maximum absolute atomic E-state index is 9.12. The summed E-state index contributed by atoms with van der Waals surface area (Å²) in [6, 6.07) is 7.24. The van der Waals surface area contributed by atoms with E-state index in [2.05, 4.69) is 4.57 Å². The molecule has 1 aromatic carbocycles. The molecule has 1 heterocycles. The summed E-state index contributed by atoms with van der Waals surface area (Å²) >= 11 is 1.69. The smallest absolute Gasteiger partial charge is 0.268 e. The summed E-state index contributed by atoms with van der Waals surface area (Å²) in [4.78, 5) is 0. The van der Waals surface area contributed by atoms with E-state index in [9.17, 15) is 0 Å². The number of aromatic hydroxyl groups is 1. The molecule has 1 aromatic heterocycles. The number of nitrogens with zero attached hydrogens (tertiary/aromatic N) is 1. The van der Waals surface area contributed by atoms with Crippen molar-refractivity contribution in [1.29, 1.82) is 0 Å². The van der Waals surface area contributed by atoms with Crippen LogP contribution in [0.4, 0.5) is 0 Å². The van der Waals surface area contributed by atoms with Crippen LogP contribution in [-0.4, -0.2) is 5.11 Å².